The van der Waals surface area contributed by atoms with E-state index in [9.17, 15) is 4.79 Å². The molecule has 2 heterocycles. The highest BCUT2D eigenvalue weighted by atomic mass is 35.5. The number of nitrogens with one attached hydrogen (secondary N) is 1. The molecule has 2 aromatic heterocycles. The van der Waals surface area contributed by atoms with Crippen LogP contribution >= 0.6 is 11.6 Å². The monoisotopic (exact) mass is 266 g/mol. The molecule has 5 nitrogen and oxygen atoms in total. The molecule has 0 aliphatic heterocycles. The Balaban J connectivity index is 2.65. The van der Waals surface area contributed by atoms with E-state index < -0.39 is 6.04 Å². The Kier molecular flexibility index (Phi) is 3.52. The summed E-state index contributed by atoms with van der Waals surface area (Å²) in [4.78, 5) is 20.5. The van der Waals surface area contributed by atoms with Crippen LogP contribution in [-0.4, -0.2) is 27.5 Å². The van der Waals surface area contributed by atoms with Gasteiger partial charge >= 0.3 is 0 Å². The number of halogens is 1. The lowest BCUT2D eigenvalue weighted by molar-refractivity contribution is -0.123. The minimum absolute atomic E-state index is 0.0986. The Labute approximate surface area is 110 Å². The second-order valence-corrected chi connectivity index (χ2v) is 4.75. The maximum Gasteiger partial charge on any atom is 0.242 e. The van der Waals surface area contributed by atoms with Gasteiger partial charge in [-0.25, -0.2) is 9.97 Å². The van der Waals surface area contributed by atoms with Crippen LogP contribution < -0.4 is 5.32 Å². The smallest absolute Gasteiger partial charge is 0.242 e. The fourth-order valence-corrected chi connectivity index (χ4v) is 2.09. The Morgan fingerprint density at radius 1 is 1.50 bits per heavy atom. The standard InChI is InChI=1S/C12H15ClN4O/c1-7(13)10-16-9-5-4-6-15-11(9)17(10)8(2)12(18)14-3/h4-8H,1-3H3,(H,14,18). The fraction of sp³-hybridized carbons (Fsp3) is 0.417. The highest BCUT2D eigenvalue weighted by Crippen LogP contribution is 2.26. The van der Waals surface area contributed by atoms with Crippen molar-refractivity contribution in [1.29, 1.82) is 0 Å². The van der Waals surface area contributed by atoms with Crippen molar-refractivity contribution in [3.05, 3.63) is 24.2 Å². The van der Waals surface area contributed by atoms with E-state index in [2.05, 4.69) is 15.3 Å². The van der Waals surface area contributed by atoms with Gasteiger partial charge in [-0.1, -0.05) is 0 Å². The van der Waals surface area contributed by atoms with E-state index in [4.69, 9.17) is 11.6 Å². The minimum atomic E-state index is -0.397. The molecule has 0 aliphatic rings. The van der Waals surface area contributed by atoms with Gasteiger partial charge in [0.25, 0.3) is 0 Å². The van der Waals surface area contributed by atoms with Gasteiger partial charge < -0.3 is 5.32 Å². The van der Waals surface area contributed by atoms with Gasteiger partial charge in [0.15, 0.2) is 5.65 Å². The third-order valence-electron chi connectivity index (χ3n) is 2.85. The third-order valence-corrected chi connectivity index (χ3v) is 3.04. The van der Waals surface area contributed by atoms with E-state index in [1.165, 1.54) is 0 Å². The molecule has 0 saturated carbocycles. The maximum absolute atomic E-state index is 11.8. The van der Waals surface area contributed by atoms with Crippen LogP contribution in [0.25, 0.3) is 11.2 Å². The molecular weight excluding hydrogens is 252 g/mol. The number of likely N-dealkylation sites (N-methyl/N-ethyl adjacent to an activating group) is 1. The van der Waals surface area contributed by atoms with E-state index in [0.29, 0.717) is 11.5 Å². The average Bonchev–Trinajstić information content (AvgIpc) is 2.76. The largest absolute Gasteiger partial charge is 0.357 e. The zero-order valence-corrected chi connectivity index (χ0v) is 11.3. The van der Waals surface area contributed by atoms with Crippen LogP contribution in [0.2, 0.25) is 0 Å². The van der Waals surface area contributed by atoms with Crippen molar-refractivity contribution in [2.45, 2.75) is 25.3 Å². The average molecular weight is 267 g/mol. The predicted molar refractivity (Wildman–Crippen MR) is 70.6 cm³/mol. The van der Waals surface area contributed by atoms with Gasteiger partial charge in [0.05, 0.1) is 5.38 Å². The van der Waals surface area contributed by atoms with Crippen molar-refractivity contribution in [1.82, 2.24) is 19.9 Å². The number of nitrogens with zero attached hydrogens (tertiary/aromatic N) is 3. The zero-order valence-electron chi connectivity index (χ0n) is 10.5. The Morgan fingerprint density at radius 3 is 2.83 bits per heavy atom. The Hall–Kier alpha value is -1.62. The lowest BCUT2D eigenvalue weighted by atomic mass is 10.3. The number of aromatic nitrogens is 3. The highest BCUT2D eigenvalue weighted by Gasteiger charge is 2.23. The molecule has 18 heavy (non-hydrogen) atoms. The van der Waals surface area contributed by atoms with E-state index in [-0.39, 0.29) is 11.3 Å². The summed E-state index contributed by atoms with van der Waals surface area (Å²) in [6.45, 7) is 3.63. The molecule has 0 saturated heterocycles. The summed E-state index contributed by atoms with van der Waals surface area (Å²) in [6.07, 6.45) is 1.68. The van der Waals surface area contributed by atoms with Crippen molar-refractivity contribution >= 4 is 28.7 Å². The molecule has 6 heteroatoms. The molecular formula is C12H15ClN4O. The van der Waals surface area contributed by atoms with E-state index in [1.807, 2.05) is 19.1 Å². The minimum Gasteiger partial charge on any atom is -0.357 e. The van der Waals surface area contributed by atoms with Gasteiger partial charge in [0, 0.05) is 13.2 Å². The summed E-state index contributed by atoms with van der Waals surface area (Å²) in [5, 5.41) is 2.34. The molecule has 2 rings (SSSR count). The Bertz CT molecular complexity index is 578. The molecule has 0 fully saturated rings. The first-order valence-electron chi connectivity index (χ1n) is 5.74. The number of imidazole rings is 1. The lowest BCUT2D eigenvalue weighted by Gasteiger charge is -2.16. The third kappa shape index (κ3) is 2.06. The van der Waals surface area contributed by atoms with Gasteiger partial charge in [-0.15, -0.1) is 11.6 Å². The van der Waals surface area contributed by atoms with Gasteiger partial charge in [-0.05, 0) is 26.0 Å². The van der Waals surface area contributed by atoms with E-state index in [0.717, 1.165) is 5.52 Å². The van der Waals surface area contributed by atoms with Gasteiger partial charge in [-0.3, -0.25) is 9.36 Å². The van der Waals surface area contributed by atoms with Gasteiger partial charge in [-0.2, -0.15) is 0 Å². The van der Waals surface area contributed by atoms with Crippen molar-refractivity contribution in [2.24, 2.45) is 0 Å². The fourth-order valence-electron chi connectivity index (χ4n) is 1.94. The first-order chi connectivity index (χ1) is 8.56. The Morgan fingerprint density at radius 2 is 2.22 bits per heavy atom. The number of carbonyl (C=O) groups excluding carboxylic acids is 1. The van der Waals surface area contributed by atoms with Crippen molar-refractivity contribution in [3.8, 4) is 0 Å². The lowest BCUT2D eigenvalue weighted by Crippen LogP contribution is -2.29. The summed E-state index contributed by atoms with van der Waals surface area (Å²) in [6, 6.07) is 3.27. The van der Waals surface area contributed by atoms with Crippen LogP contribution in [0.5, 0.6) is 0 Å². The van der Waals surface area contributed by atoms with Crippen molar-refractivity contribution in [3.63, 3.8) is 0 Å². The van der Waals surface area contributed by atoms with Crippen molar-refractivity contribution < 1.29 is 4.79 Å². The number of rotatable bonds is 3. The maximum atomic E-state index is 11.8. The number of hydrogen-bond acceptors (Lipinski definition) is 3. The molecule has 0 bridgehead atoms. The number of alkyl halides is 1. The normalized spacial score (nSPS) is 14.4. The number of amides is 1. The summed E-state index contributed by atoms with van der Waals surface area (Å²) in [7, 11) is 1.61. The number of fused-ring (bicyclic) bond motifs is 1. The summed E-state index contributed by atoms with van der Waals surface area (Å²) in [5.41, 5.74) is 1.42. The highest BCUT2D eigenvalue weighted by molar-refractivity contribution is 6.20. The number of hydrogen-bond donors (Lipinski definition) is 1. The molecule has 0 aromatic carbocycles. The van der Waals surface area contributed by atoms with Crippen LogP contribution in [0.15, 0.2) is 18.3 Å². The summed E-state index contributed by atoms with van der Waals surface area (Å²) < 4.78 is 1.78. The molecule has 1 N–H and O–H groups in total. The van der Waals surface area contributed by atoms with Crippen LogP contribution in [0.3, 0.4) is 0 Å². The zero-order chi connectivity index (χ0) is 13.3. The van der Waals surface area contributed by atoms with Crippen LogP contribution in [-0.2, 0) is 4.79 Å². The molecule has 0 spiro atoms. The van der Waals surface area contributed by atoms with Crippen molar-refractivity contribution in [2.75, 3.05) is 7.05 Å². The van der Waals surface area contributed by atoms with Gasteiger partial charge in [0.2, 0.25) is 5.91 Å². The molecule has 2 unspecified atom stereocenters. The first-order valence-corrected chi connectivity index (χ1v) is 6.18. The second kappa shape index (κ2) is 4.94. The second-order valence-electron chi connectivity index (χ2n) is 4.09. The predicted octanol–water partition coefficient (Wildman–Crippen LogP) is 2.04. The quantitative estimate of drug-likeness (QED) is 0.865. The van der Waals surface area contributed by atoms with Crippen LogP contribution in [0.4, 0.5) is 0 Å². The molecule has 0 radical (unpaired) electrons. The van der Waals surface area contributed by atoms with Crippen LogP contribution in [0, 0.1) is 0 Å². The molecule has 2 aromatic rings. The number of pyridine rings is 1. The topological polar surface area (TPSA) is 59.8 Å². The van der Waals surface area contributed by atoms with Crippen LogP contribution in [0.1, 0.15) is 31.1 Å². The SMILES string of the molecule is CNC(=O)C(C)n1c(C(C)Cl)nc2cccnc21. The number of carbonyl (C=O) groups is 1. The van der Waals surface area contributed by atoms with Gasteiger partial charge in [0.1, 0.15) is 17.4 Å². The molecule has 96 valence electrons. The summed E-state index contributed by atoms with van der Waals surface area (Å²) in [5.74, 6) is 0.556. The molecule has 1 amide bonds. The first kappa shape index (κ1) is 12.8. The summed E-state index contributed by atoms with van der Waals surface area (Å²) >= 11 is 6.13. The molecule has 0 aliphatic carbocycles. The van der Waals surface area contributed by atoms with E-state index in [1.54, 1.807) is 24.7 Å². The molecule has 2 atom stereocenters. The van der Waals surface area contributed by atoms with E-state index >= 15 is 0 Å².